The third kappa shape index (κ3) is 4.51. The number of nitrogens with one attached hydrogen (secondary N) is 1. The standard InChI is InChI=1S/C31H39N9O2S/c1-17(21-9-7-13-39(21)4)40-29-20(15-35-40)27(34-16-30(2,3)41)36-28(37-29)24-18-8-5-11-31(25(18)42-38-24)12-6-10-22-23(31)19(14-32)26(33)43-22/h15,17,21,41H,5-13,16,33H2,1-4H3,(H,34,36,37). The molecule has 4 aromatic rings. The zero-order valence-corrected chi connectivity index (χ0v) is 26.1. The van der Waals surface area contributed by atoms with E-state index in [0.717, 1.165) is 79.4 Å². The summed E-state index contributed by atoms with van der Waals surface area (Å²) < 4.78 is 8.27. The van der Waals surface area contributed by atoms with Gasteiger partial charge < -0.3 is 25.6 Å². The number of rotatable bonds is 6. The number of nitrogen functional groups attached to an aromatic ring is 1. The zero-order valence-electron chi connectivity index (χ0n) is 25.3. The second-order valence-corrected chi connectivity index (χ2v) is 14.3. The Morgan fingerprint density at radius 3 is 2.79 bits per heavy atom. The van der Waals surface area contributed by atoms with Crippen LogP contribution in [0.5, 0.6) is 0 Å². The molecule has 0 aromatic carbocycles. The zero-order chi connectivity index (χ0) is 30.1. The molecule has 1 saturated heterocycles. The van der Waals surface area contributed by atoms with E-state index in [1.165, 1.54) is 22.6 Å². The van der Waals surface area contributed by atoms with E-state index in [4.69, 9.17) is 25.3 Å². The van der Waals surface area contributed by atoms with Crippen LogP contribution in [0.25, 0.3) is 22.6 Å². The van der Waals surface area contributed by atoms with Gasteiger partial charge in [0.25, 0.3) is 0 Å². The first-order chi connectivity index (χ1) is 20.6. The second-order valence-electron chi connectivity index (χ2n) is 13.2. The van der Waals surface area contributed by atoms with Gasteiger partial charge in [0.2, 0.25) is 0 Å². The summed E-state index contributed by atoms with van der Waals surface area (Å²) in [6, 6.07) is 2.87. The van der Waals surface area contributed by atoms with Gasteiger partial charge in [0.05, 0.1) is 34.2 Å². The Morgan fingerprint density at radius 2 is 2.07 bits per heavy atom. The molecule has 7 rings (SSSR count). The highest BCUT2D eigenvalue weighted by atomic mass is 32.1. The predicted octanol–water partition coefficient (Wildman–Crippen LogP) is 4.79. The number of nitrogens with two attached hydrogens (primary N) is 1. The van der Waals surface area contributed by atoms with E-state index in [-0.39, 0.29) is 6.04 Å². The molecular formula is C31H39N9O2S. The molecule has 1 fully saturated rings. The van der Waals surface area contributed by atoms with Crippen molar-refractivity contribution in [3.8, 4) is 17.6 Å². The number of aliphatic hydroxyl groups is 1. The number of nitrogens with zero attached hydrogens (tertiary/aromatic N) is 7. The van der Waals surface area contributed by atoms with Gasteiger partial charge in [-0.25, -0.2) is 14.6 Å². The quantitative estimate of drug-likeness (QED) is 0.281. The van der Waals surface area contributed by atoms with E-state index in [1.807, 2.05) is 10.9 Å². The van der Waals surface area contributed by atoms with E-state index in [0.29, 0.717) is 40.5 Å². The largest absolute Gasteiger partial charge is 0.389 e. The van der Waals surface area contributed by atoms with Crippen LogP contribution < -0.4 is 11.1 Å². The summed E-state index contributed by atoms with van der Waals surface area (Å²) in [4.78, 5) is 13.7. The van der Waals surface area contributed by atoms with Gasteiger partial charge in [0, 0.05) is 23.0 Å². The van der Waals surface area contributed by atoms with Crippen LogP contribution in [0.1, 0.15) is 92.7 Å². The average Bonchev–Trinajstić information content (AvgIpc) is 3.76. The van der Waals surface area contributed by atoms with Gasteiger partial charge >= 0.3 is 0 Å². The molecule has 12 heteroatoms. The number of fused-ring (bicyclic) bond motifs is 5. The Kier molecular flexibility index (Phi) is 6.76. The topological polar surface area (TPSA) is 155 Å². The molecule has 0 bridgehead atoms. The molecule has 11 nitrogen and oxygen atoms in total. The number of thiophene rings is 1. The molecule has 1 aliphatic heterocycles. The molecule has 4 aromatic heterocycles. The first kappa shape index (κ1) is 28.3. The van der Waals surface area contributed by atoms with E-state index in [2.05, 4.69) is 35.4 Å². The molecule has 0 radical (unpaired) electrons. The Labute approximate surface area is 255 Å². The number of likely N-dealkylation sites (N-methyl/N-ethyl adjacent to an activating group) is 1. The van der Waals surface area contributed by atoms with Crippen molar-refractivity contribution >= 4 is 33.2 Å². The van der Waals surface area contributed by atoms with Gasteiger partial charge in [-0.2, -0.15) is 10.4 Å². The van der Waals surface area contributed by atoms with Crippen LogP contribution in [-0.2, 0) is 18.3 Å². The fraction of sp³-hybridized carbons (Fsp3) is 0.581. The van der Waals surface area contributed by atoms with E-state index >= 15 is 0 Å². The van der Waals surface area contributed by atoms with Crippen molar-refractivity contribution in [2.24, 2.45) is 0 Å². The summed E-state index contributed by atoms with van der Waals surface area (Å²) in [5.41, 5.74) is 9.00. The first-order valence-electron chi connectivity index (χ1n) is 15.3. The number of aryl methyl sites for hydroxylation is 1. The summed E-state index contributed by atoms with van der Waals surface area (Å²) in [7, 11) is 2.17. The van der Waals surface area contributed by atoms with Gasteiger partial charge in [-0.1, -0.05) is 5.16 Å². The normalized spacial score (nSPS) is 22.9. The van der Waals surface area contributed by atoms with Crippen LogP contribution in [0.15, 0.2) is 10.7 Å². The fourth-order valence-corrected chi connectivity index (χ4v) is 8.85. The van der Waals surface area contributed by atoms with Crippen molar-refractivity contribution < 1.29 is 9.63 Å². The molecule has 0 amide bonds. The number of nitriles is 1. The maximum Gasteiger partial charge on any atom is 0.186 e. The minimum atomic E-state index is -0.938. The molecule has 3 atom stereocenters. The molecule has 2 aliphatic carbocycles. The third-order valence-electron chi connectivity index (χ3n) is 9.73. The van der Waals surface area contributed by atoms with Gasteiger partial charge in [-0.15, -0.1) is 11.3 Å². The minimum absolute atomic E-state index is 0.110. The number of hydrogen-bond acceptors (Lipinski definition) is 11. The van der Waals surface area contributed by atoms with Crippen molar-refractivity contribution in [1.82, 2.24) is 29.8 Å². The third-order valence-corrected chi connectivity index (χ3v) is 10.8. The lowest BCUT2D eigenvalue weighted by atomic mass is 9.63. The number of aromatic nitrogens is 5. The lowest BCUT2D eigenvalue weighted by Gasteiger charge is -2.39. The highest BCUT2D eigenvalue weighted by Gasteiger charge is 2.49. The van der Waals surface area contributed by atoms with Gasteiger partial charge in [0.1, 0.15) is 16.9 Å². The monoisotopic (exact) mass is 601 g/mol. The molecule has 0 saturated carbocycles. The van der Waals surface area contributed by atoms with Crippen LogP contribution >= 0.6 is 11.3 Å². The van der Waals surface area contributed by atoms with Gasteiger partial charge in [-0.3, -0.25) is 0 Å². The maximum atomic E-state index is 10.5. The first-order valence-corrected chi connectivity index (χ1v) is 16.2. The Morgan fingerprint density at radius 1 is 1.28 bits per heavy atom. The Hall–Kier alpha value is -3.53. The molecule has 43 heavy (non-hydrogen) atoms. The average molecular weight is 602 g/mol. The molecule has 226 valence electrons. The van der Waals surface area contributed by atoms with Crippen LogP contribution in [0, 0.1) is 11.3 Å². The van der Waals surface area contributed by atoms with Crippen LogP contribution in [0.3, 0.4) is 0 Å². The van der Waals surface area contributed by atoms with E-state index < -0.39 is 11.0 Å². The molecular weight excluding hydrogens is 562 g/mol. The second kappa shape index (κ2) is 10.3. The summed E-state index contributed by atoms with van der Waals surface area (Å²) in [5, 5.41) is 34.8. The van der Waals surface area contributed by atoms with Gasteiger partial charge in [0.15, 0.2) is 22.9 Å². The minimum Gasteiger partial charge on any atom is -0.389 e. The molecule has 1 spiro atoms. The number of anilines is 2. The van der Waals surface area contributed by atoms with E-state index in [9.17, 15) is 10.4 Å². The van der Waals surface area contributed by atoms with E-state index in [1.54, 1.807) is 13.8 Å². The molecule has 3 aliphatic rings. The Bertz CT molecular complexity index is 1740. The molecule has 4 N–H and O–H groups in total. The highest BCUT2D eigenvalue weighted by molar-refractivity contribution is 7.16. The smallest absolute Gasteiger partial charge is 0.186 e. The highest BCUT2D eigenvalue weighted by Crippen LogP contribution is 2.55. The van der Waals surface area contributed by atoms with Crippen LogP contribution in [0.2, 0.25) is 0 Å². The van der Waals surface area contributed by atoms with Crippen LogP contribution in [-0.4, -0.2) is 66.7 Å². The van der Waals surface area contributed by atoms with Crippen molar-refractivity contribution in [1.29, 1.82) is 5.26 Å². The SMILES string of the molecule is CC(C1CCCN1C)n1ncc2c(NCC(C)(C)O)nc(-c3noc4c3CCCC43CCCc4sc(N)c(C#N)c43)nc21. The summed E-state index contributed by atoms with van der Waals surface area (Å²) in [5.74, 6) is 1.91. The fourth-order valence-electron chi connectivity index (χ4n) is 7.69. The molecule has 5 heterocycles. The number of likely N-dealkylation sites (tertiary alicyclic amines) is 1. The van der Waals surface area contributed by atoms with Gasteiger partial charge in [-0.05, 0) is 91.3 Å². The molecule has 3 unspecified atom stereocenters. The van der Waals surface area contributed by atoms with Crippen molar-refractivity contribution in [2.45, 2.75) is 95.2 Å². The van der Waals surface area contributed by atoms with Crippen LogP contribution in [0.4, 0.5) is 10.8 Å². The lowest BCUT2D eigenvalue weighted by Crippen LogP contribution is -2.35. The lowest BCUT2D eigenvalue weighted by molar-refractivity contribution is 0.0944. The number of hydrogen-bond donors (Lipinski definition) is 3. The predicted molar refractivity (Wildman–Crippen MR) is 166 cm³/mol. The van der Waals surface area contributed by atoms with Crippen molar-refractivity contribution in [3.05, 3.63) is 33.5 Å². The summed E-state index contributed by atoms with van der Waals surface area (Å²) in [6.45, 7) is 7.11. The van der Waals surface area contributed by atoms with Crippen molar-refractivity contribution in [3.63, 3.8) is 0 Å². The maximum absolute atomic E-state index is 10.5. The summed E-state index contributed by atoms with van der Waals surface area (Å²) in [6.07, 6.45) is 9.55. The Balaban J connectivity index is 1.37. The van der Waals surface area contributed by atoms with Crippen molar-refractivity contribution in [2.75, 3.05) is 31.2 Å². The summed E-state index contributed by atoms with van der Waals surface area (Å²) >= 11 is 1.54.